The highest BCUT2D eigenvalue weighted by Gasteiger charge is 2.26. The molecule has 3 unspecified atom stereocenters. The van der Waals surface area contributed by atoms with Crippen molar-refractivity contribution in [2.75, 3.05) is 24.3 Å². The Morgan fingerprint density at radius 2 is 1.13 bits per heavy atom. The van der Waals surface area contributed by atoms with Gasteiger partial charge in [-0.15, -0.1) is 6.42 Å². The summed E-state index contributed by atoms with van der Waals surface area (Å²) >= 11 is 2.25. The summed E-state index contributed by atoms with van der Waals surface area (Å²) in [6, 6.07) is 18.3. The smallest absolute Gasteiger partial charge is 0.117 e. The lowest BCUT2D eigenvalue weighted by Gasteiger charge is -2.30. The molecular formula is C46H66IN3O4. The van der Waals surface area contributed by atoms with Crippen LogP contribution in [0, 0.1) is 45.5 Å². The molecule has 0 radical (unpaired) electrons. The number of halogens is 1. The van der Waals surface area contributed by atoms with Crippen LogP contribution >= 0.6 is 22.6 Å². The number of terminal acetylenes is 1. The number of benzene rings is 3. The van der Waals surface area contributed by atoms with Crippen molar-refractivity contribution in [1.29, 1.82) is 0 Å². The second kappa shape index (κ2) is 25.8. The molecule has 0 bridgehead atoms. The number of aryl methyl sites for hydroxylation is 4. The van der Waals surface area contributed by atoms with Crippen LogP contribution in [0.15, 0.2) is 54.6 Å². The van der Waals surface area contributed by atoms with E-state index in [1.165, 1.54) is 54.4 Å². The number of aliphatic hydroxyl groups excluding tert-OH is 4. The first-order chi connectivity index (χ1) is 26.0. The number of aliphatic hydroxyl groups is 4. The highest BCUT2D eigenvalue weighted by molar-refractivity contribution is 14.1. The zero-order valence-corrected chi connectivity index (χ0v) is 35.2. The third kappa shape index (κ3) is 15.8. The molecular weight excluding hydrogens is 785 g/mol. The molecule has 296 valence electrons. The van der Waals surface area contributed by atoms with E-state index in [0.717, 1.165) is 85.4 Å². The lowest BCUT2D eigenvalue weighted by atomic mass is 9.79. The molecule has 10 N–H and O–H groups in total. The van der Waals surface area contributed by atoms with E-state index in [2.05, 4.69) is 85.4 Å². The van der Waals surface area contributed by atoms with Gasteiger partial charge in [0.1, 0.15) is 12.2 Å². The van der Waals surface area contributed by atoms with Gasteiger partial charge in [0.15, 0.2) is 0 Å². The minimum Gasteiger partial charge on any atom is -0.400 e. The second-order valence-corrected chi connectivity index (χ2v) is 15.5. The standard InChI is InChI=1S/C15H23NO.C15H19NO.C8H10IN.C7H10O.CH4O/c2*1-2-11-6-8-14(16)13(10-11)7-9-15(17)12-4-3-5-12;1-2-6-3-4-8(10)7(9)5-6;1-2-7(8)6-4-3-5-6;1-2/h6,8,10,12,15,17H,2-5,7,9,16H2,1H3;6,8,10,12,15,17H,2-5,16H2,1H3;3-5H,2,10H2,1H3;1,6-8H,3-5H2;2H,1H3. The first-order valence-corrected chi connectivity index (χ1v) is 20.8. The van der Waals surface area contributed by atoms with Gasteiger partial charge in [-0.05, 0) is 164 Å². The van der Waals surface area contributed by atoms with Crippen LogP contribution in [0.1, 0.15) is 113 Å². The quantitative estimate of drug-likeness (QED) is 0.0652. The lowest BCUT2D eigenvalue weighted by molar-refractivity contribution is 0.0560. The van der Waals surface area contributed by atoms with Gasteiger partial charge >= 0.3 is 0 Å². The van der Waals surface area contributed by atoms with Crippen LogP contribution in [-0.2, 0) is 25.7 Å². The maximum Gasteiger partial charge on any atom is 0.117 e. The molecule has 3 fully saturated rings. The van der Waals surface area contributed by atoms with Crippen molar-refractivity contribution >= 4 is 39.7 Å². The Morgan fingerprint density at radius 3 is 1.57 bits per heavy atom. The second-order valence-electron chi connectivity index (χ2n) is 14.4. The van der Waals surface area contributed by atoms with Gasteiger partial charge in [0.25, 0.3) is 0 Å². The van der Waals surface area contributed by atoms with E-state index in [1.807, 2.05) is 30.3 Å². The van der Waals surface area contributed by atoms with Crippen molar-refractivity contribution in [2.24, 2.45) is 17.8 Å². The van der Waals surface area contributed by atoms with Gasteiger partial charge in [-0.2, -0.15) is 0 Å². The van der Waals surface area contributed by atoms with E-state index in [1.54, 1.807) is 0 Å². The van der Waals surface area contributed by atoms with Crippen LogP contribution in [0.3, 0.4) is 0 Å². The summed E-state index contributed by atoms with van der Waals surface area (Å²) in [5.74, 6) is 9.59. The first kappa shape index (κ1) is 46.9. The van der Waals surface area contributed by atoms with E-state index in [-0.39, 0.29) is 6.10 Å². The van der Waals surface area contributed by atoms with Gasteiger partial charge in [-0.3, -0.25) is 0 Å². The number of nitrogen functional groups attached to an aromatic ring is 3. The van der Waals surface area contributed by atoms with Gasteiger partial charge in [-0.25, -0.2) is 0 Å². The van der Waals surface area contributed by atoms with E-state index >= 15 is 0 Å². The maximum atomic E-state index is 10.0. The molecule has 0 amide bonds. The Hall–Kier alpha value is -3.25. The van der Waals surface area contributed by atoms with Crippen molar-refractivity contribution in [3.05, 3.63) is 86.0 Å². The largest absolute Gasteiger partial charge is 0.400 e. The summed E-state index contributed by atoms with van der Waals surface area (Å²) in [5.41, 5.74) is 25.8. The van der Waals surface area contributed by atoms with Crippen LogP contribution < -0.4 is 17.2 Å². The SMILES string of the molecule is C#CC(O)C1CCC1.CCc1ccc(N)c(C#CC(O)C2CCC2)c1.CCc1ccc(N)c(CCC(O)C2CCC2)c1.CCc1ccc(N)c(I)c1.CO. The van der Waals surface area contributed by atoms with Gasteiger partial charge in [0, 0.05) is 33.3 Å². The average Bonchev–Trinajstić information content (AvgIpc) is 3.11. The molecule has 6 rings (SSSR count). The van der Waals surface area contributed by atoms with Gasteiger partial charge in [0.05, 0.1) is 6.10 Å². The van der Waals surface area contributed by atoms with E-state index < -0.39 is 12.2 Å². The fourth-order valence-electron chi connectivity index (χ4n) is 6.10. The Labute approximate surface area is 339 Å². The molecule has 3 aromatic rings. The molecule has 0 saturated heterocycles. The zero-order chi connectivity index (χ0) is 40.0. The minimum absolute atomic E-state index is 0.131. The molecule has 3 atom stereocenters. The number of rotatable bonds is 9. The molecule has 0 aliphatic heterocycles. The molecule has 3 aromatic carbocycles. The van der Waals surface area contributed by atoms with Crippen molar-refractivity contribution in [3.8, 4) is 24.2 Å². The van der Waals surface area contributed by atoms with Crippen LogP contribution in [0.2, 0.25) is 0 Å². The van der Waals surface area contributed by atoms with Crippen molar-refractivity contribution in [2.45, 2.75) is 129 Å². The predicted octanol–water partition coefficient (Wildman–Crippen LogP) is 8.09. The van der Waals surface area contributed by atoms with E-state index in [4.69, 9.17) is 33.8 Å². The van der Waals surface area contributed by atoms with Crippen LogP contribution in [0.5, 0.6) is 0 Å². The highest BCUT2D eigenvalue weighted by atomic mass is 127. The lowest BCUT2D eigenvalue weighted by Crippen LogP contribution is -2.27. The molecule has 7 nitrogen and oxygen atoms in total. The van der Waals surface area contributed by atoms with Crippen molar-refractivity contribution in [1.82, 2.24) is 0 Å². The summed E-state index contributed by atoms with van der Waals surface area (Å²) in [4.78, 5) is 0. The summed E-state index contributed by atoms with van der Waals surface area (Å²) in [5, 5.41) is 35.8. The van der Waals surface area contributed by atoms with Gasteiger partial charge in [-0.1, -0.05) is 82.1 Å². The molecule has 8 heteroatoms. The third-order valence-corrected chi connectivity index (χ3v) is 11.7. The number of hydrogen-bond donors (Lipinski definition) is 7. The molecule has 3 saturated carbocycles. The van der Waals surface area contributed by atoms with Crippen LogP contribution in [0.4, 0.5) is 17.1 Å². The normalized spacial score (nSPS) is 16.3. The minimum atomic E-state index is -0.492. The Bertz CT molecular complexity index is 1630. The Balaban J connectivity index is 0.000000255. The average molecular weight is 852 g/mol. The number of anilines is 3. The van der Waals surface area contributed by atoms with E-state index in [9.17, 15) is 10.2 Å². The summed E-state index contributed by atoms with van der Waals surface area (Å²) < 4.78 is 1.15. The van der Waals surface area contributed by atoms with Crippen LogP contribution in [-0.4, -0.2) is 45.8 Å². The molecule has 3 aliphatic carbocycles. The predicted molar refractivity (Wildman–Crippen MR) is 236 cm³/mol. The van der Waals surface area contributed by atoms with Crippen molar-refractivity contribution in [3.63, 3.8) is 0 Å². The van der Waals surface area contributed by atoms with Crippen LogP contribution in [0.25, 0.3) is 0 Å². The highest BCUT2D eigenvalue weighted by Crippen LogP contribution is 2.32. The van der Waals surface area contributed by atoms with Gasteiger partial charge in [0.2, 0.25) is 0 Å². The summed E-state index contributed by atoms with van der Waals surface area (Å²) in [6.07, 6.45) is 19.3. The maximum absolute atomic E-state index is 10.0. The fraction of sp³-hybridized carbons (Fsp3) is 0.522. The monoisotopic (exact) mass is 851 g/mol. The number of nitrogens with two attached hydrogens (primary N) is 3. The fourth-order valence-corrected chi connectivity index (χ4v) is 6.68. The van der Waals surface area contributed by atoms with Gasteiger partial charge < -0.3 is 37.6 Å². The molecule has 54 heavy (non-hydrogen) atoms. The summed E-state index contributed by atoms with van der Waals surface area (Å²) in [6.45, 7) is 6.39. The zero-order valence-electron chi connectivity index (χ0n) is 33.0. The Kier molecular flexibility index (Phi) is 22.4. The van der Waals surface area contributed by atoms with Crippen molar-refractivity contribution < 1.29 is 20.4 Å². The number of hydrogen-bond acceptors (Lipinski definition) is 7. The molecule has 0 heterocycles. The topological polar surface area (TPSA) is 159 Å². The summed E-state index contributed by atoms with van der Waals surface area (Å²) in [7, 11) is 1.00. The van der Waals surface area contributed by atoms with E-state index in [0.29, 0.717) is 23.4 Å². The molecule has 3 aliphatic rings. The Morgan fingerprint density at radius 1 is 0.667 bits per heavy atom. The molecule has 0 spiro atoms. The third-order valence-electron chi connectivity index (χ3n) is 10.7. The molecule has 0 aromatic heterocycles. The first-order valence-electron chi connectivity index (χ1n) is 19.8.